The van der Waals surface area contributed by atoms with E-state index in [1.54, 1.807) is 23.1 Å². The zero-order valence-corrected chi connectivity index (χ0v) is 11.7. The topological polar surface area (TPSA) is 57.8 Å². The summed E-state index contributed by atoms with van der Waals surface area (Å²) in [6.45, 7) is 3.93. The number of fused-ring (bicyclic) bond motifs is 1. The first-order valence-electron chi connectivity index (χ1n) is 5.70. The molecule has 1 aliphatic rings. The van der Waals surface area contributed by atoms with Crippen LogP contribution in [0, 0.1) is 6.92 Å². The fourth-order valence-corrected chi connectivity index (χ4v) is 4.17. The first kappa shape index (κ1) is 11.8. The van der Waals surface area contributed by atoms with Gasteiger partial charge in [-0.05, 0) is 36.2 Å². The highest BCUT2D eigenvalue weighted by molar-refractivity contribution is 8.01. The van der Waals surface area contributed by atoms with Gasteiger partial charge in [0.15, 0.2) is 5.82 Å². The highest BCUT2D eigenvalue weighted by atomic mass is 32.2. The molecule has 0 spiro atoms. The number of nitrogens with one attached hydrogen (secondary N) is 2. The van der Waals surface area contributed by atoms with Crippen molar-refractivity contribution in [3.63, 3.8) is 0 Å². The number of carbonyl (C=O) groups is 1. The lowest BCUT2D eigenvalue weighted by Crippen LogP contribution is -2.21. The van der Waals surface area contributed by atoms with Crippen LogP contribution in [0.15, 0.2) is 16.8 Å². The van der Waals surface area contributed by atoms with Gasteiger partial charge in [-0.3, -0.25) is 9.89 Å². The predicted molar refractivity (Wildman–Crippen MR) is 75.2 cm³/mol. The Morgan fingerprint density at radius 3 is 3.00 bits per heavy atom. The minimum atomic E-state index is -0.0801. The SMILES string of the molecule is Cc1[nH]nc2c1C(c1ccsc1)SC(C)C(=O)N2. The van der Waals surface area contributed by atoms with Crippen molar-refractivity contribution in [2.24, 2.45) is 0 Å². The van der Waals surface area contributed by atoms with Crippen LogP contribution in [0.25, 0.3) is 0 Å². The third kappa shape index (κ3) is 1.85. The van der Waals surface area contributed by atoms with E-state index in [4.69, 9.17) is 0 Å². The van der Waals surface area contributed by atoms with Gasteiger partial charge in [-0.25, -0.2) is 0 Å². The third-order valence-corrected chi connectivity index (χ3v) is 5.16. The molecular weight excluding hydrogens is 266 g/mol. The lowest BCUT2D eigenvalue weighted by molar-refractivity contribution is -0.115. The van der Waals surface area contributed by atoms with Gasteiger partial charge in [-0.15, -0.1) is 11.8 Å². The average molecular weight is 279 g/mol. The monoisotopic (exact) mass is 279 g/mol. The molecule has 3 heterocycles. The van der Waals surface area contributed by atoms with E-state index in [-0.39, 0.29) is 16.4 Å². The van der Waals surface area contributed by atoms with Crippen LogP contribution in [-0.4, -0.2) is 21.4 Å². The van der Waals surface area contributed by atoms with Crippen LogP contribution >= 0.6 is 23.1 Å². The Morgan fingerprint density at radius 2 is 2.28 bits per heavy atom. The van der Waals surface area contributed by atoms with Crippen molar-refractivity contribution in [3.05, 3.63) is 33.6 Å². The minimum absolute atomic E-state index is 0.0190. The van der Waals surface area contributed by atoms with Crippen molar-refractivity contribution < 1.29 is 4.79 Å². The lowest BCUT2D eigenvalue weighted by Gasteiger charge is -2.15. The van der Waals surface area contributed by atoms with Gasteiger partial charge in [-0.2, -0.15) is 16.4 Å². The summed E-state index contributed by atoms with van der Waals surface area (Å²) in [5.41, 5.74) is 3.35. The number of aromatic amines is 1. The van der Waals surface area contributed by atoms with Crippen LogP contribution in [0.4, 0.5) is 5.82 Å². The summed E-state index contributed by atoms with van der Waals surface area (Å²) in [5.74, 6) is 0.691. The van der Waals surface area contributed by atoms with Crippen LogP contribution in [0.1, 0.15) is 29.0 Å². The van der Waals surface area contributed by atoms with E-state index in [1.165, 1.54) is 5.56 Å². The molecule has 2 unspecified atom stereocenters. The van der Waals surface area contributed by atoms with Crippen LogP contribution in [-0.2, 0) is 4.79 Å². The second kappa shape index (κ2) is 4.44. The van der Waals surface area contributed by atoms with Gasteiger partial charge in [0.1, 0.15) is 0 Å². The molecule has 4 nitrogen and oxygen atoms in total. The molecular formula is C12H13N3OS2. The van der Waals surface area contributed by atoms with E-state index in [2.05, 4.69) is 32.3 Å². The number of carbonyl (C=O) groups excluding carboxylic acids is 1. The van der Waals surface area contributed by atoms with E-state index >= 15 is 0 Å². The molecule has 94 valence electrons. The standard InChI is InChI=1S/C12H13N3OS2/c1-6-9-10(8-3-4-17-5-8)18-7(2)12(16)13-11(9)15-14-6/h3-5,7,10H,1-2H3,(H2,13,14,15,16). The number of H-pyrrole nitrogens is 1. The highest BCUT2D eigenvalue weighted by Gasteiger charge is 2.32. The maximum Gasteiger partial charge on any atom is 0.238 e. The Kier molecular flexibility index (Phi) is 2.91. The fraction of sp³-hybridized carbons (Fsp3) is 0.333. The van der Waals surface area contributed by atoms with E-state index in [0.29, 0.717) is 5.82 Å². The molecule has 0 aromatic carbocycles. The van der Waals surface area contributed by atoms with Crippen molar-refractivity contribution in [1.82, 2.24) is 10.2 Å². The third-order valence-electron chi connectivity index (χ3n) is 3.05. The van der Waals surface area contributed by atoms with Gasteiger partial charge in [0, 0.05) is 11.3 Å². The first-order chi connectivity index (χ1) is 8.66. The number of thioether (sulfide) groups is 1. The summed E-state index contributed by atoms with van der Waals surface area (Å²) in [4.78, 5) is 11.9. The van der Waals surface area contributed by atoms with Crippen LogP contribution in [0.5, 0.6) is 0 Å². The van der Waals surface area contributed by atoms with Gasteiger partial charge >= 0.3 is 0 Å². The van der Waals surface area contributed by atoms with Crippen molar-refractivity contribution in [2.45, 2.75) is 24.3 Å². The summed E-state index contributed by atoms with van der Waals surface area (Å²) < 4.78 is 0. The number of hydrogen-bond donors (Lipinski definition) is 2. The molecule has 1 aliphatic heterocycles. The predicted octanol–water partition coefficient (Wildman–Crippen LogP) is 2.94. The number of thiophene rings is 1. The van der Waals surface area contributed by atoms with Crippen LogP contribution < -0.4 is 5.32 Å². The van der Waals surface area contributed by atoms with Gasteiger partial charge in [0.25, 0.3) is 0 Å². The molecule has 2 aromatic heterocycles. The molecule has 6 heteroatoms. The Bertz CT molecular complexity index is 576. The van der Waals surface area contributed by atoms with Gasteiger partial charge in [-0.1, -0.05) is 0 Å². The zero-order chi connectivity index (χ0) is 12.7. The second-order valence-electron chi connectivity index (χ2n) is 4.32. The van der Waals surface area contributed by atoms with Crippen molar-refractivity contribution in [2.75, 3.05) is 5.32 Å². The molecule has 18 heavy (non-hydrogen) atoms. The molecule has 2 aromatic rings. The number of rotatable bonds is 1. The summed E-state index contributed by atoms with van der Waals surface area (Å²) in [6.07, 6.45) is 0. The molecule has 0 bridgehead atoms. The number of anilines is 1. The average Bonchev–Trinajstić information content (AvgIpc) is 2.95. The van der Waals surface area contributed by atoms with Crippen molar-refractivity contribution in [3.8, 4) is 0 Å². The zero-order valence-electron chi connectivity index (χ0n) is 10.1. The van der Waals surface area contributed by atoms with Gasteiger partial charge < -0.3 is 5.32 Å². The molecule has 0 saturated carbocycles. The maximum absolute atomic E-state index is 11.9. The van der Waals surface area contributed by atoms with Crippen LogP contribution in [0.3, 0.4) is 0 Å². The van der Waals surface area contributed by atoms with E-state index < -0.39 is 0 Å². The molecule has 1 amide bonds. The van der Waals surface area contributed by atoms with E-state index in [9.17, 15) is 4.79 Å². The summed E-state index contributed by atoms with van der Waals surface area (Å²) in [7, 11) is 0. The summed E-state index contributed by atoms with van der Waals surface area (Å²) in [6, 6.07) is 2.11. The lowest BCUT2D eigenvalue weighted by atomic mass is 10.1. The fourth-order valence-electron chi connectivity index (χ4n) is 2.08. The molecule has 2 N–H and O–H groups in total. The number of aromatic nitrogens is 2. The Hall–Kier alpha value is -1.27. The number of hydrogen-bond acceptors (Lipinski definition) is 4. The normalized spacial score (nSPS) is 23.3. The van der Waals surface area contributed by atoms with Crippen molar-refractivity contribution in [1.29, 1.82) is 0 Å². The number of nitrogens with zero attached hydrogens (tertiary/aromatic N) is 1. The molecule has 0 fully saturated rings. The Balaban J connectivity index is 2.12. The van der Waals surface area contributed by atoms with Gasteiger partial charge in [0.05, 0.1) is 10.5 Å². The quantitative estimate of drug-likeness (QED) is 0.844. The molecule has 0 radical (unpaired) electrons. The van der Waals surface area contributed by atoms with E-state index in [1.807, 2.05) is 13.8 Å². The summed E-state index contributed by atoms with van der Waals surface area (Å²) >= 11 is 3.35. The highest BCUT2D eigenvalue weighted by Crippen LogP contribution is 2.45. The Labute approximate surface area is 113 Å². The smallest absolute Gasteiger partial charge is 0.238 e. The van der Waals surface area contributed by atoms with Gasteiger partial charge in [0.2, 0.25) is 5.91 Å². The maximum atomic E-state index is 11.9. The van der Waals surface area contributed by atoms with E-state index in [0.717, 1.165) is 11.3 Å². The van der Waals surface area contributed by atoms with Crippen LogP contribution in [0.2, 0.25) is 0 Å². The Morgan fingerprint density at radius 1 is 1.44 bits per heavy atom. The summed E-state index contributed by atoms with van der Waals surface area (Å²) in [5, 5.41) is 14.3. The molecule has 3 rings (SSSR count). The second-order valence-corrected chi connectivity index (χ2v) is 6.55. The first-order valence-corrected chi connectivity index (χ1v) is 7.58. The molecule has 0 aliphatic carbocycles. The molecule has 0 saturated heterocycles. The largest absolute Gasteiger partial charge is 0.308 e. The number of amides is 1. The van der Waals surface area contributed by atoms with Crippen molar-refractivity contribution >= 4 is 34.8 Å². The number of aryl methyl sites for hydroxylation is 1. The molecule has 2 atom stereocenters. The minimum Gasteiger partial charge on any atom is -0.308 e.